The summed E-state index contributed by atoms with van der Waals surface area (Å²) < 4.78 is 7.49. The van der Waals surface area contributed by atoms with Crippen LogP contribution in [0.15, 0.2) is 55.0 Å². The number of anilines is 2. The summed E-state index contributed by atoms with van der Waals surface area (Å²) in [6, 6.07) is 12.9. The van der Waals surface area contributed by atoms with Crippen LogP contribution >= 0.6 is 23.2 Å². The third kappa shape index (κ3) is 4.85. The molecule has 1 fully saturated rings. The lowest BCUT2D eigenvalue weighted by Crippen LogP contribution is -2.34. The normalized spacial score (nSPS) is 13.0. The second kappa shape index (κ2) is 10.4. The summed E-state index contributed by atoms with van der Waals surface area (Å²) in [4.78, 5) is 35.5. The first-order chi connectivity index (χ1) is 17.9. The zero-order valence-corrected chi connectivity index (χ0v) is 21.3. The van der Waals surface area contributed by atoms with Gasteiger partial charge in [0.15, 0.2) is 0 Å². The van der Waals surface area contributed by atoms with E-state index < -0.39 is 5.91 Å². The van der Waals surface area contributed by atoms with E-state index in [2.05, 4.69) is 15.3 Å². The van der Waals surface area contributed by atoms with Crippen molar-refractivity contribution < 1.29 is 19.4 Å². The molecule has 2 amide bonds. The maximum Gasteiger partial charge on any atom is 0.264 e. The highest BCUT2D eigenvalue weighted by molar-refractivity contribution is 6.39. The Kier molecular flexibility index (Phi) is 7.01. The number of benzene rings is 2. The number of halogens is 2. The molecule has 2 aromatic carbocycles. The predicted molar refractivity (Wildman–Crippen MR) is 142 cm³/mol. The van der Waals surface area contributed by atoms with E-state index in [-0.39, 0.29) is 40.8 Å². The van der Waals surface area contributed by atoms with Crippen LogP contribution in [0.1, 0.15) is 23.2 Å². The molecule has 1 saturated carbocycles. The van der Waals surface area contributed by atoms with Gasteiger partial charge in [-0.3, -0.25) is 9.59 Å². The average Bonchev–Trinajstić information content (AvgIpc) is 3.66. The van der Waals surface area contributed by atoms with E-state index in [1.165, 1.54) is 4.90 Å². The Balaban J connectivity index is 1.67. The van der Waals surface area contributed by atoms with Crippen LogP contribution in [0, 0.1) is 5.92 Å². The Labute approximate surface area is 222 Å². The van der Waals surface area contributed by atoms with E-state index >= 15 is 0 Å². The van der Waals surface area contributed by atoms with Gasteiger partial charge in [0.25, 0.3) is 5.91 Å². The van der Waals surface area contributed by atoms with Gasteiger partial charge in [0.1, 0.15) is 27.9 Å². The van der Waals surface area contributed by atoms with Crippen molar-refractivity contribution in [2.75, 3.05) is 30.5 Å². The van der Waals surface area contributed by atoms with Gasteiger partial charge >= 0.3 is 0 Å². The lowest BCUT2D eigenvalue weighted by atomic mass is 10.1. The Morgan fingerprint density at radius 1 is 1.16 bits per heavy atom. The molecule has 2 N–H and O–H groups in total. The number of carbonyl (C=O) groups excluding carboxylic acids is 2. The molecule has 0 spiro atoms. The Bertz CT molecular complexity index is 1480. The lowest BCUT2D eigenvalue weighted by molar-refractivity contribution is -0.117. The number of aliphatic hydroxyl groups is 1. The van der Waals surface area contributed by atoms with Gasteiger partial charge in [0.2, 0.25) is 5.91 Å². The van der Waals surface area contributed by atoms with Crippen molar-refractivity contribution >= 4 is 57.3 Å². The summed E-state index contributed by atoms with van der Waals surface area (Å²) in [6.45, 7) is -0.367. The second-order valence-electron chi connectivity index (χ2n) is 8.56. The van der Waals surface area contributed by atoms with Crippen molar-refractivity contribution in [2.24, 2.45) is 5.92 Å². The van der Waals surface area contributed by atoms with Crippen molar-refractivity contribution in [3.8, 4) is 11.4 Å². The Morgan fingerprint density at radius 2 is 1.89 bits per heavy atom. The van der Waals surface area contributed by atoms with E-state index in [1.54, 1.807) is 19.2 Å². The van der Waals surface area contributed by atoms with Gasteiger partial charge in [-0.25, -0.2) is 9.97 Å². The maximum absolute atomic E-state index is 13.5. The summed E-state index contributed by atoms with van der Waals surface area (Å²) in [5.74, 6) is -0.0435. The predicted octanol–water partition coefficient (Wildman–Crippen LogP) is 4.72. The fourth-order valence-electron chi connectivity index (χ4n) is 4.23. The quantitative estimate of drug-likeness (QED) is 0.313. The molecule has 0 bridgehead atoms. The van der Waals surface area contributed by atoms with E-state index in [0.717, 1.165) is 35.8 Å². The number of para-hydroxylation sites is 2. The Hall–Kier alpha value is -3.66. The molecule has 5 rings (SSSR count). The number of hydrogen-bond acceptors (Lipinski definition) is 6. The standard InChI is InChI=1S/C26H23Cl2N5O4/c1-37-20-5-3-2-4-19(20)33-9-8-16-12-17(13-18(22(16)33)31-25(35)15-6-7-15)32(10-11-34)26(36)21-23(27)29-14-30-24(21)28/h2-5,8-9,12-15,34H,6-7,10-11H2,1H3,(H,31,35). The monoisotopic (exact) mass is 539 g/mol. The highest BCUT2D eigenvalue weighted by Crippen LogP contribution is 2.38. The van der Waals surface area contributed by atoms with E-state index in [1.807, 2.05) is 41.1 Å². The SMILES string of the molecule is COc1ccccc1-n1ccc2cc(N(CCO)C(=O)c3c(Cl)ncnc3Cl)cc(NC(=O)C3CC3)c21. The first kappa shape index (κ1) is 25.0. The minimum absolute atomic E-state index is 0.0392. The molecule has 0 unspecified atom stereocenters. The summed E-state index contributed by atoms with van der Waals surface area (Å²) in [6.07, 6.45) is 4.71. The molecule has 37 heavy (non-hydrogen) atoms. The van der Waals surface area contributed by atoms with Gasteiger partial charge in [-0.2, -0.15) is 0 Å². The van der Waals surface area contributed by atoms with Crippen molar-refractivity contribution in [3.05, 3.63) is 70.9 Å². The highest BCUT2D eigenvalue weighted by atomic mass is 35.5. The molecule has 9 nitrogen and oxygen atoms in total. The van der Waals surface area contributed by atoms with Crippen LogP contribution in [0.5, 0.6) is 5.75 Å². The van der Waals surface area contributed by atoms with Crippen molar-refractivity contribution in [1.82, 2.24) is 14.5 Å². The first-order valence-electron chi connectivity index (χ1n) is 11.6. The molecule has 11 heteroatoms. The second-order valence-corrected chi connectivity index (χ2v) is 9.28. The Morgan fingerprint density at radius 3 is 2.57 bits per heavy atom. The van der Waals surface area contributed by atoms with Crippen LogP contribution in [0.4, 0.5) is 11.4 Å². The number of fused-ring (bicyclic) bond motifs is 1. The van der Waals surface area contributed by atoms with Gasteiger partial charge in [0.05, 0.1) is 30.6 Å². The largest absolute Gasteiger partial charge is 0.495 e. The van der Waals surface area contributed by atoms with Gasteiger partial charge in [-0.1, -0.05) is 35.3 Å². The number of methoxy groups -OCH3 is 1. The first-order valence-corrected chi connectivity index (χ1v) is 12.4. The molecule has 1 aliphatic carbocycles. The lowest BCUT2D eigenvalue weighted by Gasteiger charge is -2.24. The summed E-state index contributed by atoms with van der Waals surface area (Å²) >= 11 is 12.4. The van der Waals surface area contributed by atoms with Crippen LogP contribution < -0.4 is 15.0 Å². The number of rotatable bonds is 8. The van der Waals surface area contributed by atoms with Crippen molar-refractivity contribution in [3.63, 3.8) is 0 Å². The summed E-state index contributed by atoms with van der Waals surface area (Å²) in [5, 5.41) is 13.4. The molecule has 2 aromatic heterocycles. The molecule has 0 aliphatic heterocycles. The topological polar surface area (TPSA) is 110 Å². The fourth-order valence-corrected chi connectivity index (χ4v) is 4.71. The number of aromatic nitrogens is 3. The molecular weight excluding hydrogens is 517 g/mol. The van der Waals surface area contributed by atoms with Gasteiger partial charge in [0, 0.05) is 29.7 Å². The molecular formula is C26H23Cl2N5O4. The van der Waals surface area contributed by atoms with Crippen LogP contribution in [-0.4, -0.2) is 51.7 Å². The number of amides is 2. The number of nitrogens with zero attached hydrogens (tertiary/aromatic N) is 4. The zero-order valence-electron chi connectivity index (χ0n) is 19.8. The van der Waals surface area contributed by atoms with E-state index in [9.17, 15) is 14.7 Å². The van der Waals surface area contributed by atoms with E-state index in [0.29, 0.717) is 17.1 Å². The number of carbonyl (C=O) groups is 2. The minimum atomic E-state index is -0.576. The third-order valence-corrected chi connectivity index (χ3v) is 6.74. The van der Waals surface area contributed by atoms with Crippen LogP contribution in [-0.2, 0) is 4.79 Å². The third-order valence-electron chi connectivity index (χ3n) is 6.17. The average molecular weight is 540 g/mol. The maximum atomic E-state index is 13.5. The molecule has 190 valence electrons. The summed E-state index contributed by atoms with van der Waals surface area (Å²) in [7, 11) is 1.60. The van der Waals surface area contributed by atoms with E-state index in [4.69, 9.17) is 27.9 Å². The number of nitrogens with one attached hydrogen (secondary N) is 1. The smallest absolute Gasteiger partial charge is 0.264 e. The molecule has 0 saturated heterocycles. The van der Waals surface area contributed by atoms with Gasteiger partial charge < -0.3 is 24.6 Å². The van der Waals surface area contributed by atoms with Gasteiger partial charge in [-0.15, -0.1) is 0 Å². The molecule has 2 heterocycles. The minimum Gasteiger partial charge on any atom is -0.495 e. The zero-order chi connectivity index (χ0) is 26.1. The van der Waals surface area contributed by atoms with Gasteiger partial charge in [-0.05, 0) is 43.2 Å². The molecule has 0 atom stereocenters. The fraction of sp³-hybridized carbons (Fsp3) is 0.231. The van der Waals surface area contributed by atoms with Crippen molar-refractivity contribution in [2.45, 2.75) is 12.8 Å². The van der Waals surface area contributed by atoms with Crippen LogP contribution in [0.25, 0.3) is 16.6 Å². The van der Waals surface area contributed by atoms with Crippen molar-refractivity contribution in [1.29, 1.82) is 0 Å². The molecule has 4 aromatic rings. The van der Waals surface area contributed by atoms with Crippen LogP contribution in [0.3, 0.4) is 0 Å². The summed E-state index contributed by atoms with van der Waals surface area (Å²) in [5.41, 5.74) is 2.40. The van der Waals surface area contributed by atoms with Crippen LogP contribution in [0.2, 0.25) is 10.3 Å². The number of ether oxygens (including phenoxy) is 1. The number of aliphatic hydroxyl groups excluding tert-OH is 1. The highest BCUT2D eigenvalue weighted by Gasteiger charge is 2.31. The number of hydrogen-bond donors (Lipinski definition) is 2. The molecule has 1 aliphatic rings. The molecule has 0 radical (unpaired) electrons.